The highest BCUT2D eigenvalue weighted by Crippen LogP contribution is 2.33. The Morgan fingerprint density at radius 1 is 1.32 bits per heavy atom. The second kappa shape index (κ2) is 4.24. The standard InChI is InChI=1S/C13H16N4O2/c1-7-12(18)15-4-5-17(7)8-2-3-9-10(6-8)16-13(19)11(9)14/h2-3,6-7,11H,4-5,14H2,1H3,(H,15,18)(H,16,19). The molecule has 0 saturated carbocycles. The van der Waals surface area contributed by atoms with Crippen LogP contribution in [0.3, 0.4) is 0 Å². The van der Waals surface area contributed by atoms with Crippen LogP contribution in [0, 0.1) is 0 Å². The molecule has 19 heavy (non-hydrogen) atoms. The van der Waals surface area contributed by atoms with Crippen molar-refractivity contribution in [3.63, 3.8) is 0 Å². The SMILES string of the molecule is CC1C(=O)NCCN1c1ccc2c(c1)NC(=O)C2N. The predicted molar refractivity (Wildman–Crippen MR) is 71.8 cm³/mol. The van der Waals surface area contributed by atoms with Crippen molar-refractivity contribution in [2.45, 2.75) is 19.0 Å². The van der Waals surface area contributed by atoms with Crippen molar-refractivity contribution in [3.05, 3.63) is 23.8 Å². The maximum absolute atomic E-state index is 11.7. The Kier molecular flexibility index (Phi) is 2.67. The minimum Gasteiger partial charge on any atom is -0.358 e. The Morgan fingerprint density at radius 2 is 2.11 bits per heavy atom. The molecule has 2 heterocycles. The van der Waals surface area contributed by atoms with E-state index in [-0.39, 0.29) is 17.9 Å². The number of anilines is 2. The summed E-state index contributed by atoms with van der Waals surface area (Å²) in [7, 11) is 0. The van der Waals surface area contributed by atoms with Gasteiger partial charge in [0.25, 0.3) is 0 Å². The Morgan fingerprint density at radius 3 is 2.89 bits per heavy atom. The van der Waals surface area contributed by atoms with Crippen LogP contribution in [0.5, 0.6) is 0 Å². The van der Waals surface area contributed by atoms with Crippen molar-refractivity contribution in [2.75, 3.05) is 23.3 Å². The van der Waals surface area contributed by atoms with Crippen molar-refractivity contribution >= 4 is 23.2 Å². The number of nitrogens with zero attached hydrogens (tertiary/aromatic N) is 1. The van der Waals surface area contributed by atoms with Gasteiger partial charge >= 0.3 is 0 Å². The molecule has 2 amide bonds. The van der Waals surface area contributed by atoms with Crippen LogP contribution in [0.2, 0.25) is 0 Å². The summed E-state index contributed by atoms with van der Waals surface area (Å²) in [6.07, 6.45) is 0. The second-order valence-electron chi connectivity index (χ2n) is 4.90. The number of amides is 2. The first kappa shape index (κ1) is 12.0. The molecule has 6 heteroatoms. The van der Waals surface area contributed by atoms with Gasteiger partial charge in [-0.05, 0) is 19.1 Å². The molecule has 0 bridgehead atoms. The van der Waals surface area contributed by atoms with Crippen molar-refractivity contribution in [3.8, 4) is 0 Å². The molecular weight excluding hydrogens is 244 g/mol. The van der Waals surface area contributed by atoms with E-state index in [1.807, 2.05) is 30.0 Å². The largest absolute Gasteiger partial charge is 0.358 e. The van der Waals surface area contributed by atoms with Crippen LogP contribution in [-0.2, 0) is 9.59 Å². The summed E-state index contributed by atoms with van der Waals surface area (Å²) in [6, 6.07) is 4.85. The maximum atomic E-state index is 11.7. The van der Waals surface area contributed by atoms with Gasteiger partial charge in [0.1, 0.15) is 12.1 Å². The number of rotatable bonds is 1. The summed E-state index contributed by atoms with van der Waals surface area (Å²) in [5, 5.41) is 5.59. The number of hydrogen-bond acceptors (Lipinski definition) is 4. The molecule has 1 fully saturated rings. The van der Waals surface area contributed by atoms with Gasteiger partial charge in [-0.25, -0.2) is 0 Å². The van der Waals surface area contributed by atoms with Crippen LogP contribution in [0.25, 0.3) is 0 Å². The lowest BCUT2D eigenvalue weighted by Crippen LogP contribution is -2.54. The van der Waals surface area contributed by atoms with Gasteiger partial charge in [0.2, 0.25) is 11.8 Å². The lowest BCUT2D eigenvalue weighted by molar-refractivity contribution is -0.123. The van der Waals surface area contributed by atoms with E-state index in [0.29, 0.717) is 6.54 Å². The van der Waals surface area contributed by atoms with Crippen molar-refractivity contribution in [1.82, 2.24) is 5.32 Å². The Balaban J connectivity index is 1.93. The zero-order valence-electron chi connectivity index (χ0n) is 10.6. The van der Waals surface area contributed by atoms with Gasteiger partial charge in [-0.1, -0.05) is 6.07 Å². The molecule has 6 nitrogen and oxygen atoms in total. The molecule has 2 aliphatic heterocycles. The molecule has 0 spiro atoms. The monoisotopic (exact) mass is 260 g/mol. The highest BCUT2D eigenvalue weighted by atomic mass is 16.2. The van der Waals surface area contributed by atoms with Gasteiger partial charge in [0, 0.05) is 30.0 Å². The predicted octanol–water partition coefficient (Wildman–Crippen LogP) is -0.0368. The molecular formula is C13H16N4O2. The van der Waals surface area contributed by atoms with E-state index in [9.17, 15) is 9.59 Å². The number of hydrogen-bond donors (Lipinski definition) is 3. The molecule has 1 saturated heterocycles. The number of carbonyl (C=O) groups is 2. The first-order valence-corrected chi connectivity index (χ1v) is 6.32. The van der Waals surface area contributed by atoms with E-state index >= 15 is 0 Å². The van der Waals surface area contributed by atoms with Crippen LogP contribution in [0.4, 0.5) is 11.4 Å². The average molecular weight is 260 g/mol. The lowest BCUT2D eigenvalue weighted by atomic mass is 10.1. The molecule has 0 aliphatic carbocycles. The summed E-state index contributed by atoms with van der Waals surface area (Å²) in [5.41, 5.74) is 8.26. The van der Waals surface area contributed by atoms with Crippen molar-refractivity contribution in [1.29, 1.82) is 0 Å². The van der Waals surface area contributed by atoms with E-state index in [2.05, 4.69) is 10.6 Å². The molecule has 1 aromatic carbocycles. The number of fused-ring (bicyclic) bond motifs is 1. The van der Waals surface area contributed by atoms with Crippen molar-refractivity contribution in [2.24, 2.45) is 5.73 Å². The molecule has 3 rings (SSSR count). The first-order chi connectivity index (χ1) is 9.08. The fourth-order valence-electron chi connectivity index (χ4n) is 2.59. The van der Waals surface area contributed by atoms with Crippen LogP contribution in [0.15, 0.2) is 18.2 Å². The maximum Gasteiger partial charge on any atom is 0.245 e. The molecule has 4 N–H and O–H groups in total. The molecule has 0 aromatic heterocycles. The summed E-state index contributed by atoms with van der Waals surface area (Å²) in [4.78, 5) is 25.2. The van der Waals surface area contributed by atoms with E-state index in [1.165, 1.54) is 0 Å². The number of nitrogens with two attached hydrogens (primary N) is 1. The third-order valence-electron chi connectivity index (χ3n) is 3.74. The summed E-state index contributed by atoms with van der Waals surface area (Å²) >= 11 is 0. The summed E-state index contributed by atoms with van der Waals surface area (Å²) < 4.78 is 0. The van der Waals surface area contributed by atoms with E-state index in [4.69, 9.17) is 5.73 Å². The van der Waals surface area contributed by atoms with Gasteiger partial charge in [0.15, 0.2) is 0 Å². The first-order valence-electron chi connectivity index (χ1n) is 6.32. The van der Waals surface area contributed by atoms with Crippen LogP contribution in [0.1, 0.15) is 18.5 Å². The fourth-order valence-corrected chi connectivity index (χ4v) is 2.59. The van der Waals surface area contributed by atoms with E-state index in [1.54, 1.807) is 0 Å². The highest BCUT2D eigenvalue weighted by molar-refractivity contribution is 6.03. The van der Waals surface area contributed by atoms with Gasteiger partial charge in [0.05, 0.1) is 0 Å². The van der Waals surface area contributed by atoms with Gasteiger partial charge in [-0.15, -0.1) is 0 Å². The number of nitrogens with one attached hydrogen (secondary N) is 2. The summed E-state index contributed by atoms with van der Waals surface area (Å²) in [5.74, 6) is -0.163. The molecule has 2 aliphatic rings. The topological polar surface area (TPSA) is 87.5 Å². The number of piperazine rings is 1. The van der Waals surface area contributed by atoms with Crippen molar-refractivity contribution < 1.29 is 9.59 Å². The lowest BCUT2D eigenvalue weighted by Gasteiger charge is -2.34. The third-order valence-corrected chi connectivity index (χ3v) is 3.74. The van der Waals surface area contributed by atoms with Crippen LogP contribution < -0.4 is 21.3 Å². The summed E-state index contributed by atoms with van der Waals surface area (Å²) in [6.45, 7) is 3.25. The molecule has 2 atom stereocenters. The van der Waals surface area contributed by atoms with Gasteiger partial charge < -0.3 is 21.3 Å². The quantitative estimate of drug-likeness (QED) is 0.661. The van der Waals surface area contributed by atoms with Crippen LogP contribution >= 0.6 is 0 Å². The van der Waals surface area contributed by atoms with Gasteiger partial charge in [-0.3, -0.25) is 9.59 Å². The fraction of sp³-hybridized carbons (Fsp3) is 0.385. The molecule has 1 aromatic rings. The zero-order chi connectivity index (χ0) is 13.6. The highest BCUT2D eigenvalue weighted by Gasteiger charge is 2.30. The second-order valence-corrected chi connectivity index (χ2v) is 4.90. The van der Waals surface area contributed by atoms with E-state index < -0.39 is 6.04 Å². The number of carbonyl (C=O) groups excluding carboxylic acids is 2. The zero-order valence-corrected chi connectivity index (χ0v) is 10.6. The molecule has 100 valence electrons. The minimum atomic E-state index is -0.592. The Hall–Kier alpha value is -2.08. The number of benzene rings is 1. The molecule has 2 unspecified atom stereocenters. The Labute approximate surface area is 110 Å². The average Bonchev–Trinajstić information content (AvgIpc) is 2.68. The smallest absolute Gasteiger partial charge is 0.245 e. The normalized spacial score (nSPS) is 25.9. The van der Waals surface area contributed by atoms with Crippen LogP contribution in [-0.4, -0.2) is 30.9 Å². The Bertz CT molecular complexity index is 558. The minimum absolute atomic E-state index is 0.0208. The third kappa shape index (κ3) is 1.84. The van der Waals surface area contributed by atoms with E-state index in [0.717, 1.165) is 23.5 Å². The van der Waals surface area contributed by atoms with Gasteiger partial charge in [-0.2, -0.15) is 0 Å². The molecule has 0 radical (unpaired) electrons.